The van der Waals surface area contributed by atoms with Gasteiger partial charge in [-0.1, -0.05) is 0 Å². The lowest BCUT2D eigenvalue weighted by atomic mass is 10.1. The second-order valence-electron chi connectivity index (χ2n) is 4.93. The van der Waals surface area contributed by atoms with E-state index in [0.29, 0.717) is 18.9 Å². The molecule has 1 saturated heterocycles. The van der Waals surface area contributed by atoms with Gasteiger partial charge in [-0.15, -0.1) is 0 Å². The van der Waals surface area contributed by atoms with Gasteiger partial charge in [-0.05, 0) is 27.7 Å². The van der Waals surface area contributed by atoms with Crippen LogP contribution in [0.1, 0.15) is 34.1 Å². The highest BCUT2D eigenvalue weighted by Crippen LogP contribution is 2.19. The largest absolute Gasteiger partial charge is 0.375 e. The van der Waals surface area contributed by atoms with Crippen molar-refractivity contribution in [3.63, 3.8) is 0 Å². The molecular formula is C11H21NO2. The van der Waals surface area contributed by atoms with E-state index in [1.807, 2.05) is 32.6 Å². The zero-order chi connectivity index (χ0) is 10.8. The second-order valence-corrected chi connectivity index (χ2v) is 4.93. The zero-order valence-corrected chi connectivity index (χ0v) is 9.67. The Morgan fingerprint density at radius 1 is 1.50 bits per heavy atom. The van der Waals surface area contributed by atoms with Crippen molar-refractivity contribution in [1.29, 1.82) is 0 Å². The van der Waals surface area contributed by atoms with Crippen LogP contribution in [-0.2, 0) is 9.53 Å². The molecule has 0 N–H and O–H groups in total. The van der Waals surface area contributed by atoms with Gasteiger partial charge < -0.3 is 9.64 Å². The third kappa shape index (κ3) is 3.29. The average molecular weight is 199 g/mol. The lowest BCUT2D eigenvalue weighted by Gasteiger charge is -2.22. The molecule has 0 aromatic rings. The highest BCUT2D eigenvalue weighted by molar-refractivity contribution is 5.78. The number of amides is 1. The van der Waals surface area contributed by atoms with Crippen molar-refractivity contribution in [2.45, 2.75) is 39.7 Å². The Morgan fingerprint density at radius 3 is 2.57 bits per heavy atom. The monoisotopic (exact) mass is 199 g/mol. The molecule has 82 valence electrons. The number of hydrogen-bond donors (Lipinski definition) is 0. The van der Waals surface area contributed by atoms with Gasteiger partial charge in [-0.3, -0.25) is 4.79 Å². The summed E-state index contributed by atoms with van der Waals surface area (Å²) in [5, 5.41) is 0. The maximum Gasteiger partial charge on any atom is 0.223 e. The fourth-order valence-electron chi connectivity index (χ4n) is 1.64. The third-order valence-electron chi connectivity index (χ3n) is 2.43. The summed E-state index contributed by atoms with van der Waals surface area (Å²) in [6.07, 6.45) is 0.657. The summed E-state index contributed by atoms with van der Waals surface area (Å²) in [5.41, 5.74) is -0.0946. The van der Waals surface area contributed by atoms with Crippen molar-refractivity contribution >= 4 is 5.91 Å². The minimum Gasteiger partial charge on any atom is -0.375 e. The van der Waals surface area contributed by atoms with Crippen LogP contribution in [0.5, 0.6) is 0 Å². The molecular weight excluding hydrogens is 178 g/mol. The minimum atomic E-state index is -0.0946. The quantitative estimate of drug-likeness (QED) is 0.692. The van der Waals surface area contributed by atoms with E-state index in [1.165, 1.54) is 0 Å². The fraction of sp³-hybridized carbons (Fsp3) is 0.909. The third-order valence-corrected chi connectivity index (χ3v) is 2.43. The van der Waals surface area contributed by atoms with Gasteiger partial charge in [-0.25, -0.2) is 0 Å². The smallest absolute Gasteiger partial charge is 0.223 e. The van der Waals surface area contributed by atoms with Crippen LogP contribution < -0.4 is 0 Å². The predicted octanol–water partition coefficient (Wildman–Crippen LogP) is 1.67. The van der Waals surface area contributed by atoms with E-state index in [2.05, 4.69) is 0 Å². The fourth-order valence-corrected chi connectivity index (χ4v) is 1.64. The Morgan fingerprint density at radius 2 is 2.14 bits per heavy atom. The molecule has 14 heavy (non-hydrogen) atoms. The van der Waals surface area contributed by atoms with Gasteiger partial charge in [0.2, 0.25) is 5.91 Å². The topological polar surface area (TPSA) is 29.5 Å². The van der Waals surface area contributed by atoms with Crippen molar-refractivity contribution in [1.82, 2.24) is 4.90 Å². The van der Waals surface area contributed by atoms with Crippen molar-refractivity contribution < 1.29 is 9.53 Å². The number of ether oxygens (including phenoxy) is 1. The molecule has 0 radical (unpaired) electrons. The van der Waals surface area contributed by atoms with Crippen LogP contribution in [0, 0.1) is 5.92 Å². The molecule has 3 nitrogen and oxygen atoms in total. The number of rotatable bonds is 3. The van der Waals surface area contributed by atoms with Crippen LogP contribution in [0.2, 0.25) is 0 Å². The van der Waals surface area contributed by atoms with Gasteiger partial charge in [0.1, 0.15) is 0 Å². The molecule has 1 heterocycles. The number of likely N-dealkylation sites (tertiary alicyclic amines) is 1. The summed E-state index contributed by atoms with van der Waals surface area (Å²) in [5.74, 6) is 0.664. The Hall–Kier alpha value is -0.570. The van der Waals surface area contributed by atoms with Crippen LogP contribution in [0.25, 0.3) is 0 Å². The molecule has 0 saturated carbocycles. The standard InChI is InChI=1S/C11H21NO2/c1-5-12-7-9(6-10(12)13)8-14-11(2,3)4/h9H,5-8H2,1-4H3. The molecule has 1 amide bonds. The molecule has 0 aliphatic carbocycles. The lowest BCUT2D eigenvalue weighted by molar-refractivity contribution is -0.127. The molecule has 0 bridgehead atoms. The van der Waals surface area contributed by atoms with E-state index in [0.717, 1.165) is 13.1 Å². The molecule has 3 heteroatoms. The first-order valence-corrected chi connectivity index (χ1v) is 5.34. The Kier molecular flexibility index (Phi) is 3.53. The van der Waals surface area contributed by atoms with E-state index < -0.39 is 0 Å². The Bertz CT molecular complexity index is 208. The van der Waals surface area contributed by atoms with Gasteiger partial charge in [0.25, 0.3) is 0 Å². The SMILES string of the molecule is CCN1CC(COC(C)(C)C)CC1=O. The van der Waals surface area contributed by atoms with E-state index in [9.17, 15) is 4.79 Å². The number of hydrogen-bond acceptors (Lipinski definition) is 2. The summed E-state index contributed by atoms with van der Waals surface area (Å²) in [7, 11) is 0. The van der Waals surface area contributed by atoms with Crippen molar-refractivity contribution in [3.8, 4) is 0 Å². The maximum absolute atomic E-state index is 11.4. The molecule has 0 spiro atoms. The molecule has 1 aliphatic rings. The second kappa shape index (κ2) is 4.30. The van der Waals surface area contributed by atoms with E-state index >= 15 is 0 Å². The normalized spacial score (nSPS) is 23.3. The molecule has 1 aliphatic heterocycles. The van der Waals surface area contributed by atoms with Crippen molar-refractivity contribution in [3.05, 3.63) is 0 Å². The number of nitrogens with zero attached hydrogens (tertiary/aromatic N) is 1. The molecule has 1 rings (SSSR count). The maximum atomic E-state index is 11.4. The van der Waals surface area contributed by atoms with Gasteiger partial charge >= 0.3 is 0 Å². The van der Waals surface area contributed by atoms with E-state index in [1.54, 1.807) is 0 Å². The molecule has 1 fully saturated rings. The van der Waals surface area contributed by atoms with Crippen LogP contribution in [0.15, 0.2) is 0 Å². The van der Waals surface area contributed by atoms with Gasteiger partial charge in [0, 0.05) is 25.4 Å². The molecule has 1 unspecified atom stereocenters. The average Bonchev–Trinajstić information content (AvgIpc) is 2.42. The van der Waals surface area contributed by atoms with Crippen LogP contribution in [0.4, 0.5) is 0 Å². The number of carbonyl (C=O) groups excluding carboxylic acids is 1. The first-order chi connectivity index (χ1) is 6.42. The summed E-state index contributed by atoms with van der Waals surface area (Å²) < 4.78 is 5.68. The summed E-state index contributed by atoms with van der Waals surface area (Å²) in [4.78, 5) is 13.3. The summed E-state index contributed by atoms with van der Waals surface area (Å²) in [6, 6.07) is 0. The molecule has 1 atom stereocenters. The Labute approximate surface area is 86.4 Å². The van der Waals surface area contributed by atoms with Crippen molar-refractivity contribution in [2.75, 3.05) is 19.7 Å². The highest BCUT2D eigenvalue weighted by atomic mass is 16.5. The van der Waals surface area contributed by atoms with Crippen LogP contribution in [-0.4, -0.2) is 36.1 Å². The predicted molar refractivity (Wildman–Crippen MR) is 56.1 cm³/mol. The van der Waals surface area contributed by atoms with Gasteiger partial charge in [-0.2, -0.15) is 0 Å². The Balaban J connectivity index is 2.32. The zero-order valence-electron chi connectivity index (χ0n) is 9.67. The van der Waals surface area contributed by atoms with Crippen LogP contribution >= 0.6 is 0 Å². The number of carbonyl (C=O) groups is 1. The molecule has 0 aromatic carbocycles. The summed E-state index contributed by atoms with van der Waals surface area (Å²) >= 11 is 0. The summed E-state index contributed by atoms with van der Waals surface area (Å²) in [6.45, 7) is 10.5. The lowest BCUT2D eigenvalue weighted by Crippen LogP contribution is -2.27. The van der Waals surface area contributed by atoms with Gasteiger partial charge in [0.05, 0.1) is 12.2 Å². The van der Waals surface area contributed by atoms with Crippen LogP contribution in [0.3, 0.4) is 0 Å². The highest BCUT2D eigenvalue weighted by Gasteiger charge is 2.29. The first kappa shape index (κ1) is 11.5. The van der Waals surface area contributed by atoms with Gasteiger partial charge in [0.15, 0.2) is 0 Å². The van der Waals surface area contributed by atoms with E-state index in [4.69, 9.17) is 4.74 Å². The van der Waals surface area contributed by atoms with Crippen molar-refractivity contribution in [2.24, 2.45) is 5.92 Å². The minimum absolute atomic E-state index is 0.0946. The molecule has 0 aromatic heterocycles. The van der Waals surface area contributed by atoms with E-state index in [-0.39, 0.29) is 11.5 Å². The first-order valence-electron chi connectivity index (χ1n) is 5.34.